The van der Waals surface area contributed by atoms with Gasteiger partial charge in [-0.2, -0.15) is 5.10 Å². The molecule has 3 N–H and O–H groups in total. The second kappa shape index (κ2) is 12.1. The summed E-state index contributed by atoms with van der Waals surface area (Å²) in [6, 6.07) is 18.0. The van der Waals surface area contributed by atoms with Gasteiger partial charge in [0.15, 0.2) is 5.16 Å². The van der Waals surface area contributed by atoms with Crippen LogP contribution in [-0.4, -0.2) is 35.8 Å². The van der Waals surface area contributed by atoms with Gasteiger partial charge in [-0.05, 0) is 54.4 Å². The van der Waals surface area contributed by atoms with Crippen molar-refractivity contribution in [2.45, 2.75) is 23.0 Å². The molecule has 0 atom stereocenters. The zero-order valence-electron chi connectivity index (χ0n) is 19.7. The van der Waals surface area contributed by atoms with E-state index in [1.54, 1.807) is 54.6 Å². The van der Waals surface area contributed by atoms with E-state index in [1.807, 2.05) is 0 Å². The van der Waals surface area contributed by atoms with Gasteiger partial charge in [-0.25, -0.2) is 24.0 Å². The Bertz CT molecular complexity index is 1690. The molecule has 38 heavy (non-hydrogen) atoms. The van der Waals surface area contributed by atoms with Crippen LogP contribution in [0.5, 0.6) is 0 Å². The lowest BCUT2D eigenvalue weighted by Gasteiger charge is -2.13. The van der Waals surface area contributed by atoms with Crippen LogP contribution in [0.1, 0.15) is 11.1 Å². The summed E-state index contributed by atoms with van der Waals surface area (Å²) >= 11 is 13.2. The quantitative estimate of drug-likeness (QED) is 0.132. The first-order valence-corrected chi connectivity index (χ1v) is 14.4. The third-order valence-corrected chi connectivity index (χ3v) is 7.87. The number of primary sulfonamides is 1. The minimum absolute atomic E-state index is 0.00772. The topological polar surface area (TPSA) is 137 Å². The molecule has 0 spiro atoms. The predicted octanol–water partition coefficient (Wildman–Crippen LogP) is 3.84. The summed E-state index contributed by atoms with van der Waals surface area (Å²) in [4.78, 5) is 30.3. The van der Waals surface area contributed by atoms with Crippen molar-refractivity contribution in [3.8, 4) is 0 Å². The lowest BCUT2D eigenvalue weighted by atomic mass is 10.1. The van der Waals surface area contributed by atoms with Crippen molar-refractivity contribution in [2.24, 2.45) is 10.2 Å². The van der Waals surface area contributed by atoms with Gasteiger partial charge in [-0.15, -0.1) is 0 Å². The summed E-state index contributed by atoms with van der Waals surface area (Å²) in [6.45, 7) is 0.265. The van der Waals surface area contributed by atoms with Crippen LogP contribution in [0.2, 0.25) is 10.0 Å². The second-order valence-corrected chi connectivity index (χ2v) is 11.4. The number of rotatable bonds is 9. The highest BCUT2D eigenvalue weighted by Crippen LogP contribution is 2.20. The number of para-hydroxylation sites is 1. The van der Waals surface area contributed by atoms with E-state index in [0.717, 1.165) is 17.3 Å². The smallest absolute Gasteiger partial charge is 0.262 e. The maximum Gasteiger partial charge on any atom is 0.262 e. The minimum Gasteiger partial charge on any atom is -0.287 e. The third kappa shape index (κ3) is 7.00. The molecule has 13 heteroatoms. The van der Waals surface area contributed by atoms with Crippen molar-refractivity contribution < 1.29 is 13.2 Å². The summed E-state index contributed by atoms with van der Waals surface area (Å²) in [5.41, 5.74) is 4.06. The number of sulfonamides is 1. The molecule has 3 aromatic carbocycles. The molecule has 0 unspecified atom stereocenters. The molecule has 0 saturated heterocycles. The maximum absolute atomic E-state index is 13.3. The number of benzene rings is 3. The van der Waals surface area contributed by atoms with E-state index in [2.05, 4.69) is 15.5 Å². The Morgan fingerprint density at radius 3 is 2.58 bits per heavy atom. The van der Waals surface area contributed by atoms with Crippen LogP contribution >= 0.6 is 35.0 Å². The summed E-state index contributed by atoms with van der Waals surface area (Å²) < 4.78 is 24.5. The van der Waals surface area contributed by atoms with Crippen LogP contribution in [-0.2, 0) is 27.8 Å². The van der Waals surface area contributed by atoms with Crippen molar-refractivity contribution in [3.63, 3.8) is 0 Å². The SMILES string of the molecule is NS(=O)(=O)c1ccc(CCn2c(SCC(=O)N/N=C/c3cc(Cl)ccc3Cl)nc3ccccc3c2=O)cc1. The largest absolute Gasteiger partial charge is 0.287 e. The van der Waals surface area contributed by atoms with Crippen LogP contribution in [0.25, 0.3) is 10.9 Å². The fraction of sp³-hybridized carbons (Fsp3) is 0.120. The molecule has 1 amide bonds. The zero-order chi connectivity index (χ0) is 27.3. The number of fused-ring (bicyclic) bond motifs is 1. The Hall–Kier alpha value is -3.22. The van der Waals surface area contributed by atoms with Crippen LogP contribution in [0, 0.1) is 0 Å². The predicted molar refractivity (Wildman–Crippen MR) is 150 cm³/mol. The first-order valence-electron chi connectivity index (χ1n) is 11.1. The highest BCUT2D eigenvalue weighted by atomic mass is 35.5. The molecule has 0 bridgehead atoms. The second-order valence-electron chi connectivity index (χ2n) is 8.05. The van der Waals surface area contributed by atoms with Crippen LogP contribution in [0.4, 0.5) is 0 Å². The van der Waals surface area contributed by atoms with Gasteiger partial charge in [0.05, 0.1) is 27.8 Å². The van der Waals surface area contributed by atoms with Crippen molar-refractivity contribution in [1.82, 2.24) is 15.0 Å². The molecule has 4 aromatic rings. The maximum atomic E-state index is 13.3. The molecule has 1 heterocycles. The van der Waals surface area contributed by atoms with Crippen molar-refractivity contribution in [1.29, 1.82) is 0 Å². The van der Waals surface area contributed by atoms with Crippen molar-refractivity contribution in [3.05, 3.63) is 98.3 Å². The van der Waals surface area contributed by atoms with Gasteiger partial charge in [-0.3, -0.25) is 14.2 Å². The van der Waals surface area contributed by atoms with Crippen molar-refractivity contribution in [2.75, 3.05) is 5.75 Å². The monoisotopic (exact) mass is 589 g/mol. The Morgan fingerprint density at radius 1 is 1.11 bits per heavy atom. The lowest BCUT2D eigenvalue weighted by Crippen LogP contribution is -2.26. The molecule has 0 aliphatic heterocycles. The van der Waals surface area contributed by atoms with Gasteiger partial charge in [0.2, 0.25) is 10.0 Å². The Balaban J connectivity index is 1.49. The number of aryl methyl sites for hydroxylation is 1. The fourth-order valence-electron chi connectivity index (χ4n) is 3.49. The van der Waals surface area contributed by atoms with E-state index in [1.165, 1.54) is 22.9 Å². The number of nitrogens with one attached hydrogen (secondary N) is 1. The number of carbonyl (C=O) groups excluding carboxylic acids is 1. The van der Waals surface area contributed by atoms with Crippen LogP contribution < -0.4 is 16.1 Å². The van der Waals surface area contributed by atoms with Gasteiger partial charge in [0.25, 0.3) is 11.5 Å². The van der Waals surface area contributed by atoms with Gasteiger partial charge in [0, 0.05) is 22.2 Å². The van der Waals surface area contributed by atoms with E-state index in [9.17, 15) is 18.0 Å². The summed E-state index contributed by atoms with van der Waals surface area (Å²) in [6.07, 6.45) is 1.82. The van der Waals surface area contributed by atoms with Crippen molar-refractivity contribution >= 4 is 68.0 Å². The van der Waals surface area contributed by atoms with E-state index in [0.29, 0.717) is 38.1 Å². The zero-order valence-corrected chi connectivity index (χ0v) is 22.8. The molecule has 0 aliphatic rings. The minimum atomic E-state index is -3.80. The lowest BCUT2D eigenvalue weighted by molar-refractivity contribution is -0.118. The number of hydrogen-bond donors (Lipinski definition) is 2. The van der Waals surface area contributed by atoms with Gasteiger partial charge >= 0.3 is 0 Å². The molecule has 0 fully saturated rings. The highest BCUT2D eigenvalue weighted by molar-refractivity contribution is 7.99. The molecular weight excluding hydrogens is 569 g/mol. The van der Waals surface area contributed by atoms with E-state index in [4.69, 9.17) is 28.3 Å². The average molecular weight is 591 g/mol. The molecular formula is C25H21Cl2N5O4S2. The standard InChI is InChI=1S/C25H21Cl2N5O4S2/c26-18-7-10-21(27)17(13-18)14-29-31-23(33)15-37-25-30-22-4-2-1-3-20(22)24(34)32(25)12-11-16-5-8-19(9-6-16)38(28,35)36/h1-10,13-14H,11-12,15H2,(H,31,33)(H2,28,35,36)/b29-14+. The van der Waals surface area contributed by atoms with Gasteiger partial charge in [-0.1, -0.05) is 59.2 Å². The third-order valence-electron chi connectivity index (χ3n) is 5.39. The number of aromatic nitrogens is 2. The number of amides is 1. The molecule has 9 nitrogen and oxygen atoms in total. The van der Waals surface area contributed by atoms with Crippen LogP contribution in [0.3, 0.4) is 0 Å². The number of halogens is 2. The number of carbonyl (C=O) groups is 1. The summed E-state index contributed by atoms with van der Waals surface area (Å²) in [5.74, 6) is -0.453. The Morgan fingerprint density at radius 2 is 1.84 bits per heavy atom. The summed E-state index contributed by atoms with van der Waals surface area (Å²) in [5, 5.41) is 10.8. The van der Waals surface area contributed by atoms with E-state index >= 15 is 0 Å². The van der Waals surface area contributed by atoms with Gasteiger partial charge < -0.3 is 0 Å². The number of nitrogens with zero attached hydrogens (tertiary/aromatic N) is 3. The van der Waals surface area contributed by atoms with Crippen LogP contribution in [0.15, 0.2) is 86.7 Å². The Labute approximate surface area is 232 Å². The molecule has 0 saturated carbocycles. The van der Waals surface area contributed by atoms with Gasteiger partial charge in [0.1, 0.15) is 0 Å². The molecule has 4 rings (SSSR count). The molecule has 1 aromatic heterocycles. The van der Waals surface area contributed by atoms with E-state index < -0.39 is 15.9 Å². The van der Waals surface area contributed by atoms with E-state index in [-0.39, 0.29) is 22.8 Å². The normalized spacial score (nSPS) is 11.8. The first-order chi connectivity index (χ1) is 18.1. The number of thioether (sulfide) groups is 1. The molecule has 0 radical (unpaired) electrons. The molecule has 0 aliphatic carbocycles. The number of hydrazone groups is 1. The number of nitrogens with two attached hydrogens (primary N) is 1. The Kier molecular flexibility index (Phi) is 8.85. The average Bonchev–Trinajstić information content (AvgIpc) is 2.89. The summed E-state index contributed by atoms with van der Waals surface area (Å²) in [7, 11) is -3.80. The first kappa shape index (κ1) is 27.8. The highest BCUT2D eigenvalue weighted by Gasteiger charge is 2.14. The molecule has 196 valence electrons. The fourth-order valence-corrected chi connectivity index (χ4v) is 5.17. The number of hydrogen-bond acceptors (Lipinski definition) is 7.